The fraction of sp³-hybridized carbons (Fsp3) is 0.0909. The van der Waals surface area contributed by atoms with Crippen LogP contribution < -0.4 is 10.5 Å². The van der Waals surface area contributed by atoms with E-state index in [4.69, 9.17) is 78.2 Å². The number of halogens is 5. The Morgan fingerprint density at radius 3 is 2.56 bits per heavy atom. The standard InChI is InChI=1S/C22H12Cl5N5O2/c1-9-11(2-3-14(24)20(9)33-13-5-10(8-28)4-12(23)7-13)6-15-31-32-22(34-15)19-16(25)18(29)17(26)21(27)30-19/h2-5,7H,6H2,1H3,(H2,29,30). The molecule has 7 nitrogen and oxygen atoms in total. The van der Waals surface area contributed by atoms with Crippen LogP contribution >= 0.6 is 58.0 Å². The first-order valence-corrected chi connectivity index (χ1v) is 11.4. The third-order valence-electron chi connectivity index (χ3n) is 4.77. The minimum Gasteiger partial charge on any atom is -0.455 e. The molecule has 0 bridgehead atoms. The number of aromatic nitrogens is 3. The van der Waals surface area contributed by atoms with Gasteiger partial charge in [-0.3, -0.25) is 0 Å². The second-order valence-electron chi connectivity index (χ2n) is 7.02. The molecule has 0 amide bonds. The van der Waals surface area contributed by atoms with E-state index >= 15 is 0 Å². The van der Waals surface area contributed by atoms with Crippen molar-refractivity contribution in [3.8, 4) is 29.2 Å². The van der Waals surface area contributed by atoms with Crippen molar-refractivity contribution < 1.29 is 9.15 Å². The van der Waals surface area contributed by atoms with Gasteiger partial charge in [0.25, 0.3) is 5.89 Å². The van der Waals surface area contributed by atoms with Crippen molar-refractivity contribution in [3.05, 3.63) is 78.2 Å². The summed E-state index contributed by atoms with van der Waals surface area (Å²) in [4.78, 5) is 4.09. The van der Waals surface area contributed by atoms with Gasteiger partial charge < -0.3 is 14.9 Å². The van der Waals surface area contributed by atoms with Crippen LogP contribution in [0.3, 0.4) is 0 Å². The maximum absolute atomic E-state index is 9.17. The van der Waals surface area contributed by atoms with Crippen LogP contribution in [0.25, 0.3) is 11.6 Å². The highest BCUT2D eigenvalue weighted by Gasteiger charge is 2.21. The van der Waals surface area contributed by atoms with Crippen LogP contribution in [0.1, 0.15) is 22.6 Å². The van der Waals surface area contributed by atoms with Gasteiger partial charge in [-0.15, -0.1) is 10.2 Å². The maximum Gasteiger partial charge on any atom is 0.267 e. The highest BCUT2D eigenvalue weighted by Crippen LogP contribution is 2.39. The van der Waals surface area contributed by atoms with Crippen molar-refractivity contribution in [2.75, 3.05) is 5.73 Å². The highest BCUT2D eigenvalue weighted by molar-refractivity contribution is 6.46. The number of nitrogen functional groups attached to an aromatic ring is 1. The van der Waals surface area contributed by atoms with Gasteiger partial charge in [-0.25, -0.2) is 4.98 Å². The van der Waals surface area contributed by atoms with E-state index < -0.39 is 0 Å². The maximum atomic E-state index is 9.17. The lowest BCUT2D eigenvalue weighted by molar-refractivity contribution is 0.477. The van der Waals surface area contributed by atoms with Crippen LogP contribution in [0.4, 0.5) is 5.69 Å². The predicted octanol–water partition coefficient (Wildman–Crippen LogP) is 7.54. The molecule has 4 aromatic rings. The van der Waals surface area contributed by atoms with Crippen molar-refractivity contribution in [3.63, 3.8) is 0 Å². The number of anilines is 1. The van der Waals surface area contributed by atoms with Crippen LogP contribution in [0.15, 0.2) is 34.7 Å². The van der Waals surface area contributed by atoms with E-state index in [9.17, 15) is 0 Å². The lowest BCUT2D eigenvalue weighted by Crippen LogP contribution is -1.97. The Kier molecular flexibility index (Phi) is 7.08. The molecule has 0 atom stereocenters. The first kappa shape index (κ1) is 24.4. The minimum absolute atomic E-state index is 0.0331. The second-order valence-corrected chi connectivity index (χ2v) is 8.98. The molecular formula is C22H12Cl5N5O2. The van der Waals surface area contributed by atoms with E-state index in [0.29, 0.717) is 27.1 Å². The van der Waals surface area contributed by atoms with E-state index in [2.05, 4.69) is 15.2 Å². The normalized spacial score (nSPS) is 10.9. The number of benzene rings is 2. The Bertz CT molecular complexity index is 1470. The first-order chi connectivity index (χ1) is 16.2. The fourth-order valence-corrected chi connectivity index (χ4v) is 4.13. The van der Waals surface area contributed by atoms with Gasteiger partial charge >= 0.3 is 0 Å². The Hall–Kier alpha value is -2.73. The Balaban J connectivity index is 1.64. The number of hydrogen-bond donors (Lipinski definition) is 1. The highest BCUT2D eigenvalue weighted by atomic mass is 35.5. The number of rotatable bonds is 5. The molecule has 2 aromatic heterocycles. The van der Waals surface area contributed by atoms with Gasteiger partial charge in [0.1, 0.15) is 22.2 Å². The molecule has 0 aliphatic rings. The average molecular weight is 556 g/mol. The topological polar surface area (TPSA) is 111 Å². The molecule has 12 heteroatoms. The Morgan fingerprint density at radius 2 is 1.82 bits per heavy atom. The molecule has 0 radical (unpaired) electrons. The van der Waals surface area contributed by atoms with Gasteiger partial charge in [0.05, 0.1) is 33.8 Å². The lowest BCUT2D eigenvalue weighted by atomic mass is 10.0. The van der Waals surface area contributed by atoms with Crippen LogP contribution in [0.5, 0.6) is 11.5 Å². The quantitative estimate of drug-likeness (QED) is 0.253. The summed E-state index contributed by atoms with van der Waals surface area (Å²) < 4.78 is 11.7. The molecule has 0 spiro atoms. The Labute approximate surface area is 218 Å². The zero-order valence-electron chi connectivity index (χ0n) is 17.2. The van der Waals surface area contributed by atoms with Crippen molar-refractivity contribution in [2.45, 2.75) is 13.3 Å². The molecule has 0 saturated carbocycles. The number of nitriles is 1. The zero-order valence-corrected chi connectivity index (χ0v) is 20.9. The molecule has 2 aromatic carbocycles. The summed E-state index contributed by atoms with van der Waals surface area (Å²) in [5.74, 6) is 1.11. The number of pyridine rings is 1. The summed E-state index contributed by atoms with van der Waals surface area (Å²) in [5, 5.41) is 18.0. The molecule has 172 valence electrons. The Morgan fingerprint density at radius 1 is 1.06 bits per heavy atom. The van der Waals surface area contributed by atoms with Gasteiger partial charge in [-0.2, -0.15) is 5.26 Å². The van der Waals surface area contributed by atoms with Crippen LogP contribution in [-0.2, 0) is 6.42 Å². The molecule has 2 heterocycles. The van der Waals surface area contributed by atoms with Gasteiger partial charge in [-0.1, -0.05) is 64.1 Å². The summed E-state index contributed by atoms with van der Waals surface area (Å²) in [6.07, 6.45) is 0.264. The summed E-state index contributed by atoms with van der Waals surface area (Å²) in [6.45, 7) is 1.83. The van der Waals surface area contributed by atoms with E-state index in [1.165, 1.54) is 6.07 Å². The van der Waals surface area contributed by atoms with Crippen LogP contribution in [0, 0.1) is 18.3 Å². The molecule has 4 rings (SSSR count). The van der Waals surface area contributed by atoms with Gasteiger partial charge in [0, 0.05) is 5.02 Å². The zero-order chi connectivity index (χ0) is 24.6. The van der Waals surface area contributed by atoms with Crippen molar-refractivity contribution in [2.24, 2.45) is 0 Å². The van der Waals surface area contributed by atoms with Gasteiger partial charge in [-0.05, 0) is 42.3 Å². The summed E-state index contributed by atoms with van der Waals surface area (Å²) in [5.41, 5.74) is 7.96. The average Bonchev–Trinajstić information content (AvgIpc) is 3.27. The summed E-state index contributed by atoms with van der Waals surface area (Å²) in [6, 6.07) is 10.2. The molecule has 0 aliphatic carbocycles. The molecule has 34 heavy (non-hydrogen) atoms. The van der Waals surface area contributed by atoms with E-state index in [1.54, 1.807) is 18.2 Å². The van der Waals surface area contributed by atoms with Crippen molar-refractivity contribution in [1.29, 1.82) is 5.26 Å². The molecule has 0 unspecified atom stereocenters. The summed E-state index contributed by atoms with van der Waals surface area (Å²) >= 11 is 30.7. The second kappa shape index (κ2) is 9.87. The monoisotopic (exact) mass is 553 g/mol. The van der Waals surface area contributed by atoms with Crippen molar-refractivity contribution in [1.82, 2.24) is 15.2 Å². The molecule has 0 aliphatic heterocycles. The predicted molar refractivity (Wildman–Crippen MR) is 132 cm³/mol. The van der Waals surface area contributed by atoms with Gasteiger partial charge in [0.2, 0.25) is 5.89 Å². The first-order valence-electron chi connectivity index (χ1n) is 9.47. The van der Waals surface area contributed by atoms with Crippen molar-refractivity contribution >= 4 is 63.7 Å². The molecule has 0 fully saturated rings. The third-order valence-corrected chi connectivity index (χ3v) is 6.42. The smallest absolute Gasteiger partial charge is 0.267 e. The van der Waals surface area contributed by atoms with Gasteiger partial charge in [0.15, 0.2) is 5.15 Å². The number of ether oxygens (including phenoxy) is 1. The van der Waals surface area contributed by atoms with E-state index in [-0.39, 0.29) is 44.8 Å². The molecule has 0 saturated heterocycles. The third kappa shape index (κ3) is 4.88. The molecular weight excluding hydrogens is 544 g/mol. The van der Waals surface area contributed by atoms with E-state index in [0.717, 1.165) is 11.1 Å². The summed E-state index contributed by atoms with van der Waals surface area (Å²) in [7, 11) is 0. The SMILES string of the molecule is Cc1c(Cc2nnc(-c3nc(Cl)c(Cl)c(N)c3Cl)o2)ccc(Cl)c1Oc1cc(Cl)cc(C#N)c1. The number of hydrogen-bond acceptors (Lipinski definition) is 7. The van der Waals surface area contributed by atoms with E-state index in [1.807, 2.05) is 19.1 Å². The van der Waals surface area contributed by atoms with Crippen LogP contribution in [-0.4, -0.2) is 15.2 Å². The largest absolute Gasteiger partial charge is 0.455 e. The lowest BCUT2D eigenvalue weighted by Gasteiger charge is -2.14. The number of nitrogens with two attached hydrogens (primary N) is 1. The number of nitrogens with zero attached hydrogens (tertiary/aromatic N) is 4. The minimum atomic E-state index is -0.0331. The fourth-order valence-electron chi connectivity index (χ4n) is 3.08. The van der Waals surface area contributed by atoms with Crippen LogP contribution in [0.2, 0.25) is 25.2 Å². The molecule has 2 N–H and O–H groups in total.